The number of rotatable bonds is 3. The van der Waals surface area contributed by atoms with Gasteiger partial charge in [-0.25, -0.2) is 0 Å². The van der Waals surface area contributed by atoms with E-state index in [1.54, 1.807) is 12.1 Å². The maximum atomic E-state index is 10.2. The van der Waals surface area contributed by atoms with Crippen molar-refractivity contribution in [3.8, 4) is 5.75 Å². The molecule has 0 aliphatic rings. The van der Waals surface area contributed by atoms with Crippen molar-refractivity contribution in [3.05, 3.63) is 22.7 Å². The summed E-state index contributed by atoms with van der Waals surface area (Å²) in [6, 6.07) is 4.69. The van der Waals surface area contributed by atoms with Crippen LogP contribution in [0.5, 0.6) is 5.75 Å². The topological polar surface area (TPSA) is 69.6 Å². The molecular formula is C8H8BrNO3. The molecule has 4 nitrogen and oxygen atoms in total. The average Bonchev–Trinajstić information content (AvgIpc) is 2.07. The molecule has 0 heterocycles. The lowest BCUT2D eigenvalue weighted by Gasteiger charge is -2.04. The number of phenols is 1. The van der Waals surface area contributed by atoms with Gasteiger partial charge in [0.25, 0.3) is 0 Å². The fourth-order valence-electron chi connectivity index (χ4n) is 0.795. The second-order valence-corrected chi connectivity index (χ2v) is 3.27. The molecule has 3 N–H and O–H groups in total. The van der Waals surface area contributed by atoms with Crippen LogP contribution in [-0.2, 0) is 4.79 Å². The number of anilines is 1. The SMILES string of the molecule is O=C(O)CNc1ccc(O)c(Br)c1. The molecule has 0 unspecified atom stereocenters. The summed E-state index contributed by atoms with van der Waals surface area (Å²) in [6.45, 7) is -0.142. The van der Waals surface area contributed by atoms with Gasteiger partial charge >= 0.3 is 5.97 Å². The van der Waals surface area contributed by atoms with E-state index >= 15 is 0 Å². The number of aliphatic carboxylic acids is 1. The molecule has 0 saturated carbocycles. The fourth-order valence-corrected chi connectivity index (χ4v) is 1.17. The molecule has 1 aromatic carbocycles. The minimum absolute atomic E-state index is 0.126. The summed E-state index contributed by atoms with van der Waals surface area (Å²) in [4.78, 5) is 10.2. The zero-order chi connectivity index (χ0) is 9.84. The van der Waals surface area contributed by atoms with E-state index in [2.05, 4.69) is 21.2 Å². The van der Waals surface area contributed by atoms with Crippen molar-refractivity contribution in [2.45, 2.75) is 0 Å². The van der Waals surface area contributed by atoms with Crippen molar-refractivity contribution in [1.29, 1.82) is 0 Å². The van der Waals surface area contributed by atoms with Gasteiger partial charge in [0.2, 0.25) is 0 Å². The predicted octanol–water partition coefficient (Wildman–Crippen LogP) is 1.65. The first kappa shape index (κ1) is 9.85. The Bertz CT molecular complexity index is 327. The van der Waals surface area contributed by atoms with Crippen LogP contribution in [0.2, 0.25) is 0 Å². The number of halogens is 1. The minimum atomic E-state index is -0.927. The van der Waals surface area contributed by atoms with Gasteiger partial charge in [-0.15, -0.1) is 0 Å². The first-order valence-corrected chi connectivity index (χ1v) is 4.33. The van der Waals surface area contributed by atoms with Gasteiger partial charge in [-0.2, -0.15) is 0 Å². The second kappa shape index (κ2) is 4.13. The number of benzene rings is 1. The molecule has 1 rings (SSSR count). The first-order chi connectivity index (χ1) is 6.09. The summed E-state index contributed by atoms with van der Waals surface area (Å²) < 4.78 is 0.530. The Morgan fingerprint density at radius 1 is 1.54 bits per heavy atom. The molecular weight excluding hydrogens is 238 g/mol. The van der Waals surface area contributed by atoms with Crippen LogP contribution in [-0.4, -0.2) is 22.7 Å². The Morgan fingerprint density at radius 3 is 2.77 bits per heavy atom. The van der Waals surface area contributed by atoms with Crippen molar-refractivity contribution >= 4 is 27.6 Å². The molecule has 0 aliphatic carbocycles. The molecule has 0 saturated heterocycles. The van der Waals surface area contributed by atoms with E-state index in [9.17, 15) is 4.79 Å². The third kappa shape index (κ3) is 2.95. The second-order valence-electron chi connectivity index (χ2n) is 2.41. The van der Waals surface area contributed by atoms with Crippen molar-refractivity contribution in [3.63, 3.8) is 0 Å². The van der Waals surface area contributed by atoms with E-state index in [0.29, 0.717) is 10.2 Å². The minimum Gasteiger partial charge on any atom is -0.507 e. The molecule has 0 atom stereocenters. The summed E-state index contributed by atoms with van der Waals surface area (Å²) in [7, 11) is 0. The highest BCUT2D eigenvalue weighted by Gasteiger charge is 2.00. The van der Waals surface area contributed by atoms with Gasteiger partial charge in [0, 0.05) is 5.69 Å². The smallest absolute Gasteiger partial charge is 0.322 e. The van der Waals surface area contributed by atoms with E-state index in [0.717, 1.165) is 0 Å². The van der Waals surface area contributed by atoms with Crippen molar-refractivity contribution < 1.29 is 15.0 Å². The lowest BCUT2D eigenvalue weighted by molar-refractivity contribution is -0.134. The van der Waals surface area contributed by atoms with Crippen LogP contribution in [0, 0.1) is 0 Å². The Morgan fingerprint density at radius 2 is 2.23 bits per heavy atom. The molecule has 0 aliphatic heterocycles. The van der Waals surface area contributed by atoms with Crippen LogP contribution in [0.1, 0.15) is 0 Å². The molecule has 13 heavy (non-hydrogen) atoms. The molecule has 0 bridgehead atoms. The number of carboxylic acids is 1. The van der Waals surface area contributed by atoms with Gasteiger partial charge < -0.3 is 15.5 Å². The molecule has 0 fully saturated rings. The van der Waals surface area contributed by atoms with Gasteiger partial charge in [0.1, 0.15) is 12.3 Å². The third-order valence-corrected chi connectivity index (χ3v) is 2.03. The maximum absolute atomic E-state index is 10.2. The molecule has 0 amide bonds. The van der Waals surface area contributed by atoms with Gasteiger partial charge in [-0.3, -0.25) is 4.79 Å². The molecule has 5 heteroatoms. The highest BCUT2D eigenvalue weighted by Crippen LogP contribution is 2.26. The van der Waals surface area contributed by atoms with E-state index < -0.39 is 5.97 Å². The summed E-state index contributed by atoms with van der Waals surface area (Å²) in [5, 5.41) is 20.2. The summed E-state index contributed by atoms with van der Waals surface area (Å²) in [5.41, 5.74) is 0.645. The van der Waals surface area contributed by atoms with Crippen LogP contribution < -0.4 is 5.32 Å². The van der Waals surface area contributed by atoms with Crippen LogP contribution in [0.25, 0.3) is 0 Å². The van der Waals surface area contributed by atoms with Gasteiger partial charge in [0.15, 0.2) is 0 Å². The van der Waals surface area contributed by atoms with Crippen LogP contribution in [0.4, 0.5) is 5.69 Å². The lowest BCUT2D eigenvalue weighted by atomic mass is 10.3. The molecule has 0 radical (unpaired) electrons. The Balaban J connectivity index is 2.68. The summed E-state index contributed by atoms with van der Waals surface area (Å²) in [6.07, 6.45) is 0. The van der Waals surface area contributed by atoms with E-state index in [-0.39, 0.29) is 12.3 Å². The summed E-state index contributed by atoms with van der Waals surface area (Å²) in [5.74, 6) is -0.801. The Kier molecular flexibility index (Phi) is 3.13. The number of nitrogens with one attached hydrogen (secondary N) is 1. The number of hydrogen-bond donors (Lipinski definition) is 3. The van der Waals surface area contributed by atoms with Crippen molar-refractivity contribution in [2.24, 2.45) is 0 Å². The monoisotopic (exact) mass is 245 g/mol. The van der Waals surface area contributed by atoms with E-state index in [4.69, 9.17) is 10.2 Å². The highest BCUT2D eigenvalue weighted by atomic mass is 79.9. The van der Waals surface area contributed by atoms with Crippen molar-refractivity contribution in [2.75, 3.05) is 11.9 Å². The summed E-state index contributed by atoms with van der Waals surface area (Å²) >= 11 is 3.12. The fraction of sp³-hybridized carbons (Fsp3) is 0.125. The lowest BCUT2D eigenvalue weighted by Crippen LogP contribution is -2.12. The van der Waals surface area contributed by atoms with Crippen LogP contribution >= 0.6 is 15.9 Å². The molecule has 0 aromatic heterocycles. The van der Waals surface area contributed by atoms with E-state index in [1.807, 2.05) is 0 Å². The molecule has 0 spiro atoms. The first-order valence-electron chi connectivity index (χ1n) is 3.54. The maximum Gasteiger partial charge on any atom is 0.322 e. The number of hydrogen-bond acceptors (Lipinski definition) is 3. The number of phenolic OH excluding ortho intramolecular Hbond substituents is 1. The van der Waals surface area contributed by atoms with E-state index in [1.165, 1.54) is 6.07 Å². The highest BCUT2D eigenvalue weighted by molar-refractivity contribution is 9.10. The number of carbonyl (C=O) groups is 1. The largest absolute Gasteiger partial charge is 0.507 e. The molecule has 1 aromatic rings. The third-order valence-electron chi connectivity index (χ3n) is 1.39. The predicted molar refractivity (Wildman–Crippen MR) is 51.9 cm³/mol. The zero-order valence-corrected chi connectivity index (χ0v) is 8.21. The quantitative estimate of drug-likeness (QED) is 0.709. The standard InChI is InChI=1S/C8H8BrNO3/c9-6-3-5(1-2-7(6)11)10-4-8(12)13/h1-3,10-11H,4H2,(H,12,13). The van der Waals surface area contributed by atoms with Crippen LogP contribution in [0.15, 0.2) is 22.7 Å². The number of carboxylic acid groups (broad SMARTS) is 1. The Labute approximate surface area is 83.3 Å². The van der Waals surface area contributed by atoms with Gasteiger partial charge in [-0.1, -0.05) is 0 Å². The van der Waals surface area contributed by atoms with Gasteiger partial charge in [0.05, 0.1) is 4.47 Å². The average molecular weight is 246 g/mol. The Hall–Kier alpha value is -1.23. The van der Waals surface area contributed by atoms with Gasteiger partial charge in [-0.05, 0) is 34.1 Å². The zero-order valence-electron chi connectivity index (χ0n) is 6.62. The normalized spacial score (nSPS) is 9.62. The molecule has 70 valence electrons. The number of aromatic hydroxyl groups is 1. The van der Waals surface area contributed by atoms with Crippen molar-refractivity contribution in [1.82, 2.24) is 0 Å². The van der Waals surface area contributed by atoms with Crippen LogP contribution in [0.3, 0.4) is 0 Å².